The summed E-state index contributed by atoms with van der Waals surface area (Å²) in [6.07, 6.45) is 1.47. The zero-order valence-electron chi connectivity index (χ0n) is 15.4. The van der Waals surface area contributed by atoms with Gasteiger partial charge in [-0.1, -0.05) is 48.5 Å². The third-order valence-electron chi connectivity index (χ3n) is 4.08. The van der Waals surface area contributed by atoms with Gasteiger partial charge in [-0.25, -0.2) is 4.98 Å². The Bertz CT molecular complexity index is 1220. The van der Waals surface area contributed by atoms with E-state index in [1.165, 1.54) is 6.21 Å². The van der Waals surface area contributed by atoms with Gasteiger partial charge in [-0.05, 0) is 36.4 Å². The molecule has 0 saturated heterocycles. The second kappa shape index (κ2) is 8.62. The van der Waals surface area contributed by atoms with Gasteiger partial charge in [0.1, 0.15) is 5.71 Å². The fraction of sp³-hybridized carbons (Fsp3) is 0. The molecule has 0 radical (unpaired) electrons. The molecule has 0 bridgehead atoms. The zero-order valence-corrected chi connectivity index (χ0v) is 15.4. The molecule has 29 heavy (non-hydrogen) atoms. The minimum absolute atomic E-state index is 0.172. The molecule has 0 saturated carbocycles. The molecular formula is C22H18N6O. The first-order valence-corrected chi connectivity index (χ1v) is 9.02. The number of H-pyrrole nitrogens is 1. The Hall–Kier alpha value is -4.26. The molecule has 4 aromatic rings. The molecular weight excluding hydrogens is 364 g/mol. The van der Waals surface area contributed by atoms with Gasteiger partial charge in [0, 0.05) is 0 Å². The van der Waals surface area contributed by atoms with E-state index in [9.17, 15) is 4.79 Å². The minimum Gasteiger partial charge on any atom is -0.319 e. The summed E-state index contributed by atoms with van der Waals surface area (Å²) < 4.78 is 0. The van der Waals surface area contributed by atoms with Crippen LogP contribution in [0.2, 0.25) is 0 Å². The Morgan fingerprint density at radius 2 is 1.45 bits per heavy atom. The van der Waals surface area contributed by atoms with Crippen molar-refractivity contribution in [2.75, 3.05) is 10.9 Å². The third kappa shape index (κ3) is 4.54. The number of para-hydroxylation sites is 4. The van der Waals surface area contributed by atoms with Crippen LogP contribution in [0.1, 0.15) is 5.69 Å². The molecule has 3 N–H and O–H groups in total. The molecule has 4 rings (SSSR count). The largest absolute Gasteiger partial charge is 0.319 e. The number of hydrogen-bond donors (Lipinski definition) is 3. The average Bonchev–Trinajstić information content (AvgIpc) is 2.77. The lowest BCUT2D eigenvalue weighted by atomic mass is 10.2. The molecule has 0 fully saturated rings. The van der Waals surface area contributed by atoms with Crippen LogP contribution in [0.4, 0.5) is 11.4 Å². The predicted molar refractivity (Wildman–Crippen MR) is 118 cm³/mol. The SMILES string of the molecule is O=c1[nH]c2ccccc2nc1/C(C=NNc1ccccc1)=N/Nc1ccccc1. The first-order chi connectivity index (χ1) is 14.3. The Morgan fingerprint density at radius 3 is 2.17 bits per heavy atom. The van der Waals surface area contributed by atoms with Gasteiger partial charge in [0.15, 0.2) is 5.69 Å². The fourth-order valence-corrected chi connectivity index (χ4v) is 2.66. The summed E-state index contributed by atoms with van der Waals surface area (Å²) in [4.78, 5) is 19.9. The molecule has 1 aromatic heterocycles. The smallest absolute Gasteiger partial charge is 0.276 e. The van der Waals surface area contributed by atoms with Crippen LogP contribution in [-0.4, -0.2) is 21.9 Å². The first kappa shape index (κ1) is 18.1. The Morgan fingerprint density at radius 1 is 0.828 bits per heavy atom. The van der Waals surface area contributed by atoms with E-state index in [2.05, 4.69) is 31.0 Å². The number of fused-ring (bicyclic) bond motifs is 1. The summed E-state index contributed by atoms with van der Waals surface area (Å²) in [6, 6.07) is 26.3. The number of nitrogens with one attached hydrogen (secondary N) is 3. The van der Waals surface area contributed by atoms with Crippen LogP contribution in [0, 0.1) is 0 Å². The second-order valence-electron chi connectivity index (χ2n) is 6.14. The molecule has 1 heterocycles. The van der Waals surface area contributed by atoms with Crippen LogP contribution in [-0.2, 0) is 0 Å². The molecule has 0 aliphatic heterocycles. The number of rotatable bonds is 6. The van der Waals surface area contributed by atoms with Crippen molar-refractivity contribution >= 4 is 34.3 Å². The predicted octanol–water partition coefficient (Wildman–Crippen LogP) is 3.84. The normalized spacial score (nSPS) is 11.7. The molecule has 142 valence electrons. The van der Waals surface area contributed by atoms with Crippen molar-refractivity contribution in [3.63, 3.8) is 0 Å². The highest BCUT2D eigenvalue weighted by atomic mass is 16.1. The Labute approximate surface area is 166 Å². The van der Waals surface area contributed by atoms with Gasteiger partial charge in [-0.2, -0.15) is 10.2 Å². The Kier molecular flexibility index (Phi) is 5.39. The fourth-order valence-electron chi connectivity index (χ4n) is 2.66. The number of hydrazone groups is 2. The van der Waals surface area contributed by atoms with E-state index in [4.69, 9.17) is 0 Å². The molecule has 7 heteroatoms. The highest BCUT2D eigenvalue weighted by Crippen LogP contribution is 2.09. The van der Waals surface area contributed by atoms with Gasteiger partial charge in [0.2, 0.25) is 0 Å². The maximum atomic E-state index is 12.6. The van der Waals surface area contributed by atoms with E-state index in [0.717, 1.165) is 11.4 Å². The van der Waals surface area contributed by atoms with Crippen molar-refractivity contribution in [3.05, 3.63) is 101 Å². The summed E-state index contributed by atoms with van der Waals surface area (Å²) in [5.41, 5.74) is 8.92. The number of aromatic amines is 1. The molecule has 0 aliphatic rings. The van der Waals surface area contributed by atoms with Gasteiger partial charge in [-0.3, -0.25) is 15.6 Å². The van der Waals surface area contributed by atoms with Crippen molar-refractivity contribution < 1.29 is 0 Å². The molecule has 0 aliphatic carbocycles. The number of nitrogens with zero attached hydrogens (tertiary/aromatic N) is 3. The van der Waals surface area contributed by atoms with Crippen molar-refractivity contribution in [1.82, 2.24) is 9.97 Å². The molecule has 3 aromatic carbocycles. The van der Waals surface area contributed by atoms with E-state index in [1.54, 1.807) is 6.07 Å². The highest BCUT2D eigenvalue weighted by Gasteiger charge is 2.11. The van der Waals surface area contributed by atoms with Crippen LogP contribution in [0.25, 0.3) is 11.0 Å². The van der Waals surface area contributed by atoms with Crippen molar-refractivity contribution in [3.8, 4) is 0 Å². The molecule has 0 atom stereocenters. The van der Waals surface area contributed by atoms with Crippen LogP contribution >= 0.6 is 0 Å². The lowest BCUT2D eigenvalue weighted by Crippen LogP contribution is -2.23. The van der Waals surface area contributed by atoms with E-state index < -0.39 is 0 Å². The summed E-state index contributed by atoms with van der Waals surface area (Å²) >= 11 is 0. The summed E-state index contributed by atoms with van der Waals surface area (Å²) in [6.45, 7) is 0. The summed E-state index contributed by atoms with van der Waals surface area (Å²) in [5, 5.41) is 8.57. The second-order valence-corrected chi connectivity index (χ2v) is 6.14. The maximum absolute atomic E-state index is 12.6. The number of aromatic nitrogens is 2. The zero-order chi connectivity index (χ0) is 19.9. The summed E-state index contributed by atoms with van der Waals surface area (Å²) in [5.74, 6) is 0. The molecule has 0 unspecified atom stereocenters. The third-order valence-corrected chi connectivity index (χ3v) is 4.08. The van der Waals surface area contributed by atoms with Crippen LogP contribution in [0.15, 0.2) is 99.9 Å². The van der Waals surface area contributed by atoms with E-state index in [0.29, 0.717) is 16.7 Å². The van der Waals surface area contributed by atoms with Crippen molar-refractivity contribution in [2.45, 2.75) is 0 Å². The van der Waals surface area contributed by atoms with Gasteiger partial charge >= 0.3 is 0 Å². The lowest BCUT2D eigenvalue weighted by Gasteiger charge is -2.05. The van der Waals surface area contributed by atoms with E-state index >= 15 is 0 Å². The van der Waals surface area contributed by atoms with Crippen LogP contribution < -0.4 is 16.4 Å². The highest BCUT2D eigenvalue weighted by molar-refractivity contribution is 6.37. The average molecular weight is 382 g/mol. The van der Waals surface area contributed by atoms with Gasteiger partial charge in [0.05, 0.1) is 28.6 Å². The molecule has 0 spiro atoms. The van der Waals surface area contributed by atoms with E-state index in [1.807, 2.05) is 78.9 Å². The molecule has 7 nitrogen and oxygen atoms in total. The standard InChI is InChI=1S/C22H18N6O/c29-22-21(24-18-13-7-8-14-19(18)25-22)20(28-27-17-11-5-2-6-12-17)15-23-26-16-9-3-1-4-10-16/h1-15,26-27H,(H,25,29)/b23-15?,28-20+. The number of hydrogen-bond acceptors (Lipinski definition) is 6. The van der Waals surface area contributed by atoms with Crippen LogP contribution in [0.5, 0.6) is 0 Å². The quantitative estimate of drug-likeness (QED) is 0.349. The van der Waals surface area contributed by atoms with Crippen LogP contribution in [0.3, 0.4) is 0 Å². The lowest BCUT2D eigenvalue weighted by molar-refractivity contribution is 1.18. The molecule has 0 amide bonds. The first-order valence-electron chi connectivity index (χ1n) is 9.02. The van der Waals surface area contributed by atoms with Gasteiger partial charge < -0.3 is 4.98 Å². The maximum Gasteiger partial charge on any atom is 0.276 e. The number of benzene rings is 3. The minimum atomic E-state index is -0.344. The summed E-state index contributed by atoms with van der Waals surface area (Å²) in [7, 11) is 0. The topological polar surface area (TPSA) is 94.5 Å². The Balaban J connectivity index is 1.69. The monoisotopic (exact) mass is 382 g/mol. The van der Waals surface area contributed by atoms with Gasteiger partial charge in [0.25, 0.3) is 5.56 Å². The van der Waals surface area contributed by atoms with Gasteiger partial charge in [-0.15, -0.1) is 0 Å². The van der Waals surface area contributed by atoms with Crippen molar-refractivity contribution in [1.29, 1.82) is 0 Å². The number of anilines is 2. The van der Waals surface area contributed by atoms with E-state index in [-0.39, 0.29) is 11.3 Å². The van der Waals surface area contributed by atoms with Crippen molar-refractivity contribution in [2.24, 2.45) is 10.2 Å².